The average Bonchev–Trinajstić information content (AvgIpc) is 2.91. The highest BCUT2D eigenvalue weighted by molar-refractivity contribution is 5.95. The Balaban J connectivity index is 1.66. The summed E-state index contributed by atoms with van der Waals surface area (Å²) in [6.45, 7) is 11.5. The van der Waals surface area contributed by atoms with Gasteiger partial charge in [0.2, 0.25) is 0 Å². The molecule has 2 heterocycles. The summed E-state index contributed by atoms with van der Waals surface area (Å²) >= 11 is 0. The van der Waals surface area contributed by atoms with E-state index in [1.54, 1.807) is 0 Å². The second kappa shape index (κ2) is 8.09. The largest absolute Gasteiger partial charge is 0.349 e. The molecule has 1 aromatic heterocycles. The van der Waals surface area contributed by atoms with Crippen molar-refractivity contribution < 1.29 is 4.79 Å². The van der Waals surface area contributed by atoms with Crippen molar-refractivity contribution in [1.29, 1.82) is 0 Å². The Bertz CT molecular complexity index is 740. The highest BCUT2D eigenvalue weighted by Gasteiger charge is 2.24. The molecule has 1 fully saturated rings. The van der Waals surface area contributed by atoms with E-state index in [-0.39, 0.29) is 11.9 Å². The van der Waals surface area contributed by atoms with Crippen molar-refractivity contribution >= 4 is 5.91 Å². The minimum absolute atomic E-state index is 0.0698. The molecule has 1 N–H and O–H groups in total. The maximum Gasteiger partial charge on any atom is 0.253 e. The Morgan fingerprint density at radius 3 is 2.42 bits per heavy atom. The summed E-state index contributed by atoms with van der Waals surface area (Å²) in [6.07, 6.45) is 2.07. The molecule has 0 bridgehead atoms. The van der Waals surface area contributed by atoms with Gasteiger partial charge in [-0.1, -0.05) is 30.3 Å². The molecular formula is C22H31N3O. The maximum absolute atomic E-state index is 12.8. The second-order valence-electron chi connectivity index (χ2n) is 7.73. The quantitative estimate of drug-likeness (QED) is 0.889. The minimum atomic E-state index is 0.0698. The van der Waals surface area contributed by atoms with Crippen LogP contribution in [0.3, 0.4) is 0 Å². The fourth-order valence-corrected chi connectivity index (χ4v) is 3.86. The third-order valence-electron chi connectivity index (χ3n) is 5.60. The van der Waals surface area contributed by atoms with Gasteiger partial charge in [-0.3, -0.25) is 4.79 Å². The molecule has 2 aromatic rings. The molecule has 3 rings (SSSR count). The van der Waals surface area contributed by atoms with Gasteiger partial charge in [-0.15, -0.1) is 0 Å². The number of piperidine rings is 1. The van der Waals surface area contributed by atoms with Gasteiger partial charge >= 0.3 is 0 Å². The monoisotopic (exact) mass is 353 g/mol. The van der Waals surface area contributed by atoms with Crippen molar-refractivity contribution in [2.45, 2.75) is 59.2 Å². The number of aryl methyl sites for hydroxylation is 1. The average molecular weight is 354 g/mol. The van der Waals surface area contributed by atoms with Crippen molar-refractivity contribution in [3.63, 3.8) is 0 Å². The van der Waals surface area contributed by atoms with Crippen LogP contribution in [0.25, 0.3) is 0 Å². The zero-order valence-corrected chi connectivity index (χ0v) is 16.5. The summed E-state index contributed by atoms with van der Waals surface area (Å²) in [5, 5.41) is 3.26. The summed E-state index contributed by atoms with van der Waals surface area (Å²) in [5.74, 6) is 0.0698. The molecule has 0 aliphatic carbocycles. The predicted molar refractivity (Wildman–Crippen MR) is 107 cm³/mol. The van der Waals surface area contributed by atoms with Gasteiger partial charge < -0.3 is 14.8 Å². The number of hydrogen-bond donors (Lipinski definition) is 1. The van der Waals surface area contributed by atoms with Gasteiger partial charge in [-0.05, 0) is 52.2 Å². The molecule has 0 radical (unpaired) electrons. The standard InChI is InChI=1S/C22H31N3O/c1-16(2)24-12-10-20(11-13-24)23-22(26)21-14-17(3)25(18(21)4)15-19-8-6-5-7-9-19/h5-9,14,16,20H,10-13,15H2,1-4H3,(H,23,26). The number of nitrogens with one attached hydrogen (secondary N) is 1. The van der Waals surface area contributed by atoms with E-state index in [0.717, 1.165) is 49.4 Å². The zero-order chi connectivity index (χ0) is 18.7. The van der Waals surface area contributed by atoms with E-state index >= 15 is 0 Å². The summed E-state index contributed by atoms with van der Waals surface area (Å²) < 4.78 is 2.23. The number of carbonyl (C=O) groups excluding carboxylic acids is 1. The van der Waals surface area contributed by atoms with Crippen LogP contribution in [0.15, 0.2) is 36.4 Å². The Morgan fingerprint density at radius 2 is 1.81 bits per heavy atom. The van der Waals surface area contributed by atoms with Gasteiger partial charge in [0.25, 0.3) is 5.91 Å². The first-order valence-corrected chi connectivity index (χ1v) is 9.71. The molecule has 0 spiro atoms. The maximum atomic E-state index is 12.8. The number of hydrogen-bond acceptors (Lipinski definition) is 2. The highest BCUT2D eigenvalue weighted by Crippen LogP contribution is 2.19. The van der Waals surface area contributed by atoms with Crippen molar-refractivity contribution in [2.75, 3.05) is 13.1 Å². The molecule has 1 aliphatic heterocycles. The number of nitrogens with zero attached hydrogens (tertiary/aromatic N) is 2. The number of benzene rings is 1. The minimum Gasteiger partial charge on any atom is -0.349 e. The molecule has 1 saturated heterocycles. The van der Waals surface area contributed by atoms with Gasteiger partial charge in [0.15, 0.2) is 0 Å². The molecule has 140 valence electrons. The summed E-state index contributed by atoms with van der Waals surface area (Å²) in [5.41, 5.74) is 4.24. The lowest BCUT2D eigenvalue weighted by Gasteiger charge is -2.34. The normalized spacial score (nSPS) is 16.2. The van der Waals surface area contributed by atoms with Gasteiger partial charge in [0.1, 0.15) is 0 Å². The number of rotatable bonds is 5. The van der Waals surface area contributed by atoms with Crippen LogP contribution < -0.4 is 5.32 Å². The fraction of sp³-hybridized carbons (Fsp3) is 0.500. The van der Waals surface area contributed by atoms with E-state index in [4.69, 9.17) is 0 Å². The third-order valence-corrected chi connectivity index (χ3v) is 5.60. The van der Waals surface area contributed by atoms with Crippen LogP contribution >= 0.6 is 0 Å². The number of aromatic nitrogens is 1. The zero-order valence-electron chi connectivity index (χ0n) is 16.5. The van der Waals surface area contributed by atoms with Crippen molar-refractivity contribution in [2.24, 2.45) is 0 Å². The van der Waals surface area contributed by atoms with Crippen molar-refractivity contribution in [3.8, 4) is 0 Å². The van der Waals surface area contributed by atoms with Gasteiger partial charge in [0, 0.05) is 43.1 Å². The lowest BCUT2D eigenvalue weighted by Crippen LogP contribution is -2.46. The summed E-state index contributed by atoms with van der Waals surface area (Å²) in [7, 11) is 0. The van der Waals surface area contributed by atoms with E-state index < -0.39 is 0 Å². The summed E-state index contributed by atoms with van der Waals surface area (Å²) in [4.78, 5) is 15.3. The number of carbonyl (C=O) groups is 1. The second-order valence-corrected chi connectivity index (χ2v) is 7.73. The molecular weight excluding hydrogens is 322 g/mol. The Labute approximate surface area is 157 Å². The first-order chi connectivity index (χ1) is 12.5. The highest BCUT2D eigenvalue weighted by atomic mass is 16.1. The lowest BCUT2D eigenvalue weighted by molar-refractivity contribution is 0.0900. The van der Waals surface area contributed by atoms with E-state index in [1.807, 2.05) is 19.1 Å². The van der Waals surface area contributed by atoms with Crippen molar-refractivity contribution in [1.82, 2.24) is 14.8 Å². The van der Waals surface area contributed by atoms with E-state index in [1.165, 1.54) is 5.56 Å². The topological polar surface area (TPSA) is 37.3 Å². The lowest BCUT2D eigenvalue weighted by atomic mass is 10.0. The molecule has 26 heavy (non-hydrogen) atoms. The van der Waals surface area contributed by atoms with Crippen molar-refractivity contribution in [3.05, 3.63) is 58.9 Å². The molecule has 1 aliphatic rings. The first kappa shape index (κ1) is 18.7. The smallest absolute Gasteiger partial charge is 0.253 e. The Kier molecular flexibility index (Phi) is 5.82. The SMILES string of the molecule is Cc1cc(C(=O)NC2CCN(C(C)C)CC2)c(C)n1Cc1ccccc1. The number of likely N-dealkylation sites (tertiary alicyclic amines) is 1. The third kappa shape index (κ3) is 4.18. The Hall–Kier alpha value is -2.07. The molecule has 0 unspecified atom stereocenters. The van der Waals surface area contributed by atoms with Crippen LogP contribution in [0.2, 0.25) is 0 Å². The van der Waals surface area contributed by atoms with E-state index in [9.17, 15) is 4.79 Å². The molecule has 0 atom stereocenters. The van der Waals surface area contributed by atoms with Crippen LogP contribution in [-0.2, 0) is 6.54 Å². The predicted octanol–water partition coefficient (Wildman–Crippen LogP) is 3.76. The molecule has 4 nitrogen and oxygen atoms in total. The fourth-order valence-electron chi connectivity index (χ4n) is 3.86. The molecule has 0 saturated carbocycles. The van der Waals surface area contributed by atoms with Crippen LogP contribution in [-0.4, -0.2) is 40.5 Å². The summed E-state index contributed by atoms with van der Waals surface area (Å²) in [6, 6.07) is 13.3. The van der Waals surface area contributed by atoms with Gasteiger partial charge in [0.05, 0.1) is 5.56 Å². The van der Waals surface area contributed by atoms with Gasteiger partial charge in [-0.25, -0.2) is 0 Å². The molecule has 4 heteroatoms. The van der Waals surface area contributed by atoms with Crippen LogP contribution in [0.4, 0.5) is 0 Å². The Morgan fingerprint density at radius 1 is 1.15 bits per heavy atom. The molecule has 1 aromatic carbocycles. The van der Waals surface area contributed by atoms with E-state index in [2.05, 4.69) is 59.8 Å². The van der Waals surface area contributed by atoms with Crippen LogP contribution in [0.5, 0.6) is 0 Å². The van der Waals surface area contributed by atoms with Crippen LogP contribution in [0, 0.1) is 13.8 Å². The first-order valence-electron chi connectivity index (χ1n) is 9.71. The number of amides is 1. The van der Waals surface area contributed by atoms with E-state index in [0.29, 0.717) is 6.04 Å². The van der Waals surface area contributed by atoms with Gasteiger partial charge in [-0.2, -0.15) is 0 Å². The van der Waals surface area contributed by atoms with Crippen LogP contribution in [0.1, 0.15) is 54.0 Å². The molecule has 1 amide bonds.